The summed E-state index contributed by atoms with van der Waals surface area (Å²) in [5.74, 6) is 2.59. The molecular formula is C19H26N4. The third-order valence-electron chi connectivity index (χ3n) is 4.50. The lowest BCUT2D eigenvalue weighted by atomic mass is 10.00. The number of rotatable bonds is 4. The average Bonchev–Trinajstić information content (AvgIpc) is 2.54. The van der Waals surface area contributed by atoms with Crippen molar-refractivity contribution in [3.8, 4) is 0 Å². The van der Waals surface area contributed by atoms with E-state index < -0.39 is 0 Å². The van der Waals surface area contributed by atoms with Crippen LogP contribution >= 0.6 is 0 Å². The van der Waals surface area contributed by atoms with Crippen molar-refractivity contribution in [1.82, 2.24) is 9.97 Å². The molecule has 3 rings (SSSR count). The Kier molecular flexibility index (Phi) is 4.79. The van der Waals surface area contributed by atoms with Crippen LogP contribution in [0.1, 0.15) is 36.6 Å². The lowest BCUT2D eigenvalue weighted by Gasteiger charge is -2.30. The standard InChI is InChI=1S/C19H26N4/c1-14-4-6-17(7-5-14)13-20-18-12-16(3)21-19(22-18)23-10-8-15(2)9-11-23/h4-7,12,15H,8-11,13H2,1-3H3,(H,20,21,22). The normalized spacial score (nSPS) is 15.7. The van der Waals surface area contributed by atoms with Gasteiger partial charge in [0.15, 0.2) is 0 Å². The highest BCUT2D eigenvalue weighted by Gasteiger charge is 2.18. The first kappa shape index (κ1) is 15.8. The number of aryl methyl sites for hydroxylation is 2. The largest absolute Gasteiger partial charge is 0.366 e. The fraction of sp³-hybridized carbons (Fsp3) is 0.474. The highest BCUT2D eigenvalue weighted by molar-refractivity contribution is 5.44. The predicted molar refractivity (Wildman–Crippen MR) is 95.9 cm³/mol. The third-order valence-corrected chi connectivity index (χ3v) is 4.50. The molecule has 4 nitrogen and oxygen atoms in total. The molecule has 4 heteroatoms. The average molecular weight is 310 g/mol. The van der Waals surface area contributed by atoms with Crippen LogP contribution in [-0.4, -0.2) is 23.1 Å². The maximum atomic E-state index is 4.72. The summed E-state index contributed by atoms with van der Waals surface area (Å²) < 4.78 is 0. The Morgan fingerprint density at radius 2 is 1.78 bits per heavy atom. The molecule has 1 aliphatic heterocycles. The second kappa shape index (κ2) is 6.99. The number of aromatic nitrogens is 2. The van der Waals surface area contributed by atoms with Gasteiger partial charge in [0.05, 0.1) is 0 Å². The smallest absolute Gasteiger partial charge is 0.227 e. The van der Waals surface area contributed by atoms with Gasteiger partial charge in [-0.3, -0.25) is 0 Å². The molecule has 0 spiro atoms. The quantitative estimate of drug-likeness (QED) is 0.928. The zero-order valence-corrected chi connectivity index (χ0v) is 14.3. The zero-order valence-electron chi connectivity index (χ0n) is 14.3. The van der Waals surface area contributed by atoms with E-state index in [0.717, 1.165) is 43.0 Å². The van der Waals surface area contributed by atoms with E-state index in [1.807, 2.05) is 13.0 Å². The fourth-order valence-corrected chi connectivity index (χ4v) is 2.89. The number of anilines is 2. The summed E-state index contributed by atoms with van der Waals surface area (Å²) in [5.41, 5.74) is 3.56. The Morgan fingerprint density at radius 3 is 2.48 bits per heavy atom. The predicted octanol–water partition coefficient (Wildman–Crippen LogP) is 3.94. The van der Waals surface area contributed by atoms with E-state index in [4.69, 9.17) is 4.98 Å². The van der Waals surface area contributed by atoms with Crippen molar-refractivity contribution in [2.24, 2.45) is 5.92 Å². The van der Waals surface area contributed by atoms with Gasteiger partial charge >= 0.3 is 0 Å². The Labute approximate surface area is 139 Å². The molecule has 1 fully saturated rings. The minimum absolute atomic E-state index is 0.785. The van der Waals surface area contributed by atoms with Crippen LogP contribution in [0.2, 0.25) is 0 Å². The van der Waals surface area contributed by atoms with Crippen LogP contribution < -0.4 is 10.2 Å². The number of benzene rings is 1. The summed E-state index contributed by atoms with van der Waals surface area (Å²) in [6.45, 7) is 9.37. The lowest BCUT2D eigenvalue weighted by molar-refractivity contribution is 0.434. The monoisotopic (exact) mass is 310 g/mol. The molecule has 2 aromatic rings. The number of hydrogen-bond acceptors (Lipinski definition) is 4. The van der Waals surface area contributed by atoms with E-state index in [2.05, 4.69) is 53.3 Å². The van der Waals surface area contributed by atoms with Crippen LogP contribution in [0, 0.1) is 19.8 Å². The highest BCUT2D eigenvalue weighted by Crippen LogP contribution is 2.21. The Hall–Kier alpha value is -2.10. The molecule has 0 amide bonds. The van der Waals surface area contributed by atoms with Crippen molar-refractivity contribution in [2.45, 2.75) is 40.2 Å². The van der Waals surface area contributed by atoms with Gasteiger partial charge in [-0.15, -0.1) is 0 Å². The van der Waals surface area contributed by atoms with E-state index in [9.17, 15) is 0 Å². The first-order valence-corrected chi connectivity index (χ1v) is 8.50. The molecule has 23 heavy (non-hydrogen) atoms. The van der Waals surface area contributed by atoms with Gasteiger partial charge in [0, 0.05) is 31.4 Å². The molecule has 1 saturated heterocycles. The number of nitrogens with one attached hydrogen (secondary N) is 1. The van der Waals surface area contributed by atoms with Gasteiger partial charge in [0.1, 0.15) is 5.82 Å². The minimum Gasteiger partial charge on any atom is -0.366 e. The molecule has 0 saturated carbocycles. The summed E-state index contributed by atoms with van der Waals surface area (Å²) in [6, 6.07) is 10.6. The van der Waals surface area contributed by atoms with Crippen molar-refractivity contribution in [1.29, 1.82) is 0 Å². The molecular weight excluding hydrogens is 284 g/mol. The molecule has 1 aromatic carbocycles. The van der Waals surface area contributed by atoms with Gasteiger partial charge in [0.25, 0.3) is 0 Å². The summed E-state index contributed by atoms with van der Waals surface area (Å²) in [4.78, 5) is 11.7. The molecule has 1 aromatic heterocycles. The van der Waals surface area contributed by atoms with Crippen LogP contribution in [-0.2, 0) is 6.54 Å². The van der Waals surface area contributed by atoms with Gasteiger partial charge in [-0.05, 0) is 38.2 Å². The molecule has 0 aliphatic carbocycles. The summed E-state index contributed by atoms with van der Waals surface area (Å²) in [6.07, 6.45) is 2.45. The van der Waals surface area contributed by atoms with Crippen LogP contribution in [0.15, 0.2) is 30.3 Å². The second-order valence-electron chi connectivity index (χ2n) is 6.70. The van der Waals surface area contributed by atoms with Crippen molar-refractivity contribution in [2.75, 3.05) is 23.3 Å². The molecule has 122 valence electrons. The summed E-state index contributed by atoms with van der Waals surface area (Å²) >= 11 is 0. The number of nitrogens with zero attached hydrogens (tertiary/aromatic N) is 3. The van der Waals surface area contributed by atoms with Crippen LogP contribution in [0.5, 0.6) is 0 Å². The molecule has 2 heterocycles. The number of piperidine rings is 1. The topological polar surface area (TPSA) is 41.1 Å². The first-order chi connectivity index (χ1) is 11.1. The highest BCUT2D eigenvalue weighted by atomic mass is 15.3. The second-order valence-corrected chi connectivity index (χ2v) is 6.70. The van der Waals surface area contributed by atoms with Gasteiger partial charge in [-0.25, -0.2) is 4.98 Å². The molecule has 0 radical (unpaired) electrons. The lowest BCUT2D eigenvalue weighted by Crippen LogP contribution is -2.34. The van der Waals surface area contributed by atoms with Crippen molar-refractivity contribution < 1.29 is 0 Å². The first-order valence-electron chi connectivity index (χ1n) is 8.50. The van der Waals surface area contributed by atoms with Crippen molar-refractivity contribution in [3.05, 3.63) is 47.2 Å². The summed E-state index contributed by atoms with van der Waals surface area (Å²) in [7, 11) is 0. The van der Waals surface area contributed by atoms with E-state index in [0.29, 0.717) is 0 Å². The SMILES string of the molecule is Cc1ccc(CNc2cc(C)nc(N3CCC(C)CC3)n2)cc1. The van der Waals surface area contributed by atoms with Crippen molar-refractivity contribution in [3.63, 3.8) is 0 Å². The molecule has 1 aliphatic rings. The van der Waals surface area contributed by atoms with Gasteiger partial charge in [-0.2, -0.15) is 4.98 Å². The molecule has 0 unspecified atom stereocenters. The molecule has 0 atom stereocenters. The maximum absolute atomic E-state index is 4.72. The van der Waals surface area contributed by atoms with Gasteiger partial charge in [0.2, 0.25) is 5.95 Å². The van der Waals surface area contributed by atoms with E-state index in [1.54, 1.807) is 0 Å². The minimum atomic E-state index is 0.785. The van der Waals surface area contributed by atoms with Gasteiger partial charge < -0.3 is 10.2 Å². The zero-order chi connectivity index (χ0) is 16.2. The Bertz CT molecular complexity index is 643. The van der Waals surface area contributed by atoms with Crippen LogP contribution in [0.3, 0.4) is 0 Å². The van der Waals surface area contributed by atoms with E-state index in [-0.39, 0.29) is 0 Å². The molecule has 0 bridgehead atoms. The Balaban J connectivity index is 1.68. The third kappa shape index (κ3) is 4.21. The Morgan fingerprint density at radius 1 is 1.09 bits per heavy atom. The van der Waals surface area contributed by atoms with Gasteiger partial charge in [-0.1, -0.05) is 36.8 Å². The maximum Gasteiger partial charge on any atom is 0.227 e. The summed E-state index contributed by atoms with van der Waals surface area (Å²) in [5, 5.41) is 3.43. The molecule has 1 N–H and O–H groups in total. The number of hydrogen-bond donors (Lipinski definition) is 1. The fourth-order valence-electron chi connectivity index (χ4n) is 2.89. The van der Waals surface area contributed by atoms with E-state index in [1.165, 1.54) is 24.0 Å². The van der Waals surface area contributed by atoms with E-state index >= 15 is 0 Å². The van der Waals surface area contributed by atoms with Crippen molar-refractivity contribution >= 4 is 11.8 Å². The van der Waals surface area contributed by atoms with Crippen LogP contribution in [0.25, 0.3) is 0 Å². The van der Waals surface area contributed by atoms with Crippen LogP contribution in [0.4, 0.5) is 11.8 Å².